The van der Waals surface area contributed by atoms with E-state index in [2.05, 4.69) is 15.5 Å². The number of ether oxygens (including phenoxy) is 2. The van der Waals surface area contributed by atoms with Gasteiger partial charge in [0, 0.05) is 5.39 Å². The van der Waals surface area contributed by atoms with Crippen molar-refractivity contribution < 1.29 is 18.7 Å². The molecule has 7 nitrogen and oxygen atoms in total. The molecule has 0 radical (unpaired) electrons. The molecule has 0 saturated heterocycles. The van der Waals surface area contributed by atoms with Gasteiger partial charge in [-0.1, -0.05) is 29.5 Å². The highest BCUT2D eigenvalue weighted by atomic mass is 32.1. The summed E-state index contributed by atoms with van der Waals surface area (Å²) < 4.78 is 16.3. The first kappa shape index (κ1) is 17.0. The zero-order valence-electron chi connectivity index (χ0n) is 14.3. The standard InChI is InChI=1S/C19H15N3O4S/c1-24-13-6-8-14(9-7-13)25-11-17(23)20-19-22-21-18(27-19)16-10-12-4-2-3-5-15(12)26-16/h2-10H,11H2,1H3,(H,20,22,23). The van der Waals surface area contributed by atoms with Gasteiger partial charge in [-0.15, -0.1) is 10.2 Å². The number of rotatable bonds is 6. The van der Waals surface area contributed by atoms with Crippen LogP contribution in [0, 0.1) is 0 Å². The number of furan rings is 1. The van der Waals surface area contributed by atoms with Crippen molar-refractivity contribution in [2.24, 2.45) is 0 Å². The number of methoxy groups -OCH3 is 1. The number of nitrogens with one attached hydrogen (secondary N) is 1. The molecule has 0 aliphatic rings. The first-order chi connectivity index (χ1) is 13.2. The molecule has 8 heteroatoms. The Morgan fingerprint density at radius 2 is 1.89 bits per heavy atom. The van der Waals surface area contributed by atoms with Gasteiger partial charge in [-0.05, 0) is 36.4 Å². The fourth-order valence-corrected chi connectivity index (χ4v) is 3.15. The van der Waals surface area contributed by atoms with E-state index in [1.165, 1.54) is 11.3 Å². The molecule has 0 aliphatic carbocycles. The number of aromatic nitrogens is 2. The number of carbonyl (C=O) groups is 1. The molecule has 1 N–H and O–H groups in total. The summed E-state index contributed by atoms with van der Waals surface area (Å²) in [5.41, 5.74) is 0.779. The van der Waals surface area contributed by atoms with Crippen molar-refractivity contribution in [3.8, 4) is 22.3 Å². The van der Waals surface area contributed by atoms with E-state index in [9.17, 15) is 4.79 Å². The number of para-hydroxylation sites is 1. The second-order valence-electron chi connectivity index (χ2n) is 5.57. The number of anilines is 1. The number of nitrogens with zero attached hydrogens (tertiary/aromatic N) is 2. The van der Waals surface area contributed by atoms with Crippen LogP contribution in [0.15, 0.2) is 59.0 Å². The van der Waals surface area contributed by atoms with Gasteiger partial charge in [0.15, 0.2) is 17.4 Å². The van der Waals surface area contributed by atoms with Crippen LogP contribution in [0.4, 0.5) is 5.13 Å². The molecule has 2 aromatic heterocycles. The highest BCUT2D eigenvalue weighted by Crippen LogP contribution is 2.31. The Morgan fingerprint density at radius 1 is 1.11 bits per heavy atom. The third-order valence-electron chi connectivity index (χ3n) is 3.74. The smallest absolute Gasteiger partial charge is 0.264 e. The number of hydrogen-bond acceptors (Lipinski definition) is 7. The normalized spacial score (nSPS) is 10.7. The second kappa shape index (κ2) is 7.46. The van der Waals surface area contributed by atoms with Gasteiger partial charge in [0.25, 0.3) is 5.91 Å². The first-order valence-corrected chi connectivity index (χ1v) is 8.92. The zero-order valence-corrected chi connectivity index (χ0v) is 15.2. The molecule has 2 heterocycles. The van der Waals surface area contributed by atoms with Crippen LogP contribution in [0.1, 0.15) is 0 Å². The molecule has 0 aliphatic heterocycles. The van der Waals surface area contributed by atoms with E-state index in [-0.39, 0.29) is 12.5 Å². The second-order valence-corrected chi connectivity index (χ2v) is 6.55. The maximum Gasteiger partial charge on any atom is 0.264 e. The number of amides is 1. The van der Waals surface area contributed by atoms with Crippen molar-refractivity contribution in [1.29, 1.82) is 0 Å². The molecule has 1 amide bonds. The van der Waals surface area contributed by atoms with E-state index in [1.54, 1.807) is 31.4 Å². The molecule has 0 unspecified atom stereocenters. The van der Waals surface area contributed by atoms with Crippen molar-refractivity contribution in [2.45, 2.75) is 0 Å². The van der Waals surface area contributed by atoms with Crippen LogP contribution in [0.5, 0.6) is 11.5 Å². The molecule has 0 spiro atoms. The molecule has 0 saturated carbocycles. The fraction of sp³-hybridized carbons (Fsp3) is 0.105. The Kier molecular flexibility index (Phi) is 4.71. The quantitative estimate of drug-likeness (QED) is 0.544. The van der Waals surface area contributed by atoms with Crippen molar-refractivity contribution in [1.82, 2.24) is 10.2 Å². The van der Waals surface area contributed by atoms with Crippen LogP contribution >= 0.6 is 11.3 Å². The number of carbonyl (C=O) groups excluding carboxylic acids is 1. The largest absolute Gasteiger partial charge is 0.497 e. The Bertz CT molecular complexity index is 1040. The molecular formula is C19H15N3O4S. The summed E-state index contributed by atoms with van der Waals surface area (Å²) in [5.74, 6) is 1.59. The molecule has 2 aromatic carbocycles. The van der Waals surface area contributed by atoms with Crippen LogP contribution < -0.4 is 14.8 Å². The van der Waals surface area contributed by atoms with Crippen molar-refractivity contribution in [2.75, 3.05) is 19.0 Å². The van der Waals surface area contributed by atoms with E-state index in [0.29, 0.717) is 21.6 Å². The minimum Gasteiger partial charge on any atom is -0.497 e. The van der Waals surface area contributed by atoms with E-state index in [1.807, 2.05) is 30.3 Å². The van der Waals surface area contributed by atoms with E-state index in [4.69, 9.17) is 13.9 Å². The van der Waals surface area contributed by atoms with Gasteiger partial charge in [-0.3, -0.25) is 10.1 Å². The fourth-order valence-electron chi connectivity index (χ4n) is 2.44. The SMILES string of the molecule is COc1ccc(OCC(=O)Nc2nnc(-c3cc4ccccc4o3)s2)cc1. The van der Waals surface area contributed by atoms with Gasteiger partial charge in [0.2, 0.25) is 5.13 Å². The van der Waals surface area contributed by atoms with Crippen LogP contribution in [-0.2, 0) is 4.79 Å². The summed E-state index contributed by atoms with van der Waals surface area (Å²) in [6.45, 7) is -0.133. The molecule has 136 valence electrons. The van der Waals surface area contributed by atoms with E-state index < -0.39 is 0 Å². The summed E-state index contributed by atoms with van der Waals surface area (Å²) in [7, 11) is 1.59. The lowest BCUT2D eigenvalue weighted by Crippen LogP contribution is -2.20. The minimum atomic E-state index is -0.321. The van der Waals surface area contributed by atoms with Gasteiger partial charge >= 0.3 is 0 Å². The van der Waals surface area contributed by atoms with Crippen molar-refractivity contribution >= 4 is 33.3 Å². The maximum absolute atomic E-state index is 12.1. The zero-order chi connectivity index (χ0) is 18.6. The van der Waals surface area contributed by atoms with Gasteiger partial charge in [-0.2, -0.15) is 0 Å². The number of benzene rings is 2. The summed E-state index contributed by atoms with van der Waals surface area (Å²) in [6.07, 6.45) is 0. The van der Waals surface area contributed by atoms with Gasteiger partial charge in [-0.25, -0.2) is 0 Å². The highest BCUT2D eigenvalue weighted by Gasteiger charge is 2.13. The Labute approximate surface area is 158 Å². The third kappa shape index (κ3) is 3.90. The predicted molar refractivity (Wildman–Crippen MR) is 102 cm³/mol. The van der Waals surface area contributed by atoms with Crippen molar-refractivity contribution in [3.05, 3.63) is 54.6 Å². The lowest BCUT2D eigenvalue weighted by Gasteiger charge is -2.06. The third-order valence-corrected chi connectivity index (χ3v) is 4.59. The molecule has 4 aromatic rings. The molecule has 27 heavy (non-hydrogen) atoms. The Balaban J connectivity index is 1.37. The van der Waals surface area contributed by atoms with Crippen LogP contribution in [0.3, 0.4) is 0 Å². The summed E-state index contributed by atoms with van der Waals surface area (Å²) in [6, 6.07) is 16.6. The van der Waals surface area contributed by atoms with Gasteiger partial charge in [0.05, 0.1) is 7.11 Å². The van der Waals surface area contributed by atoms with E-state index >= 15 is 0 Å². The predicted octanol–water partition coefficient (Wildman–Crippen LogP) is 3.98. The Morgan fingerprint density at radius 3 is 2.67 bits per heavy atom. The molecule has 0 bridgehead atoms. The minimum absolute atomic E-state index is 0.133. The van der Waals surface area contributed by atoms with Crippen LogP contribution in [-0.4, -0.2) is 29.8 Å². The van der Waals surface area contributed by atoms with Crippen molar-refractivity contribution in [3.63, 3.8) is 0 Å². The molecular weight excluding hydrogens is 366 g/mol. The molecule has 0 fully saturated rings. The summed E-state index contributed by atoms with van der Waals surface area (Å²) in [5, 5.41) is 12.7. The van der Waals surface area contributed by atoms with Crippen LogP contribution in [0.25, 0.3) is 21.7 Å². The maximum atomic E-state index is 12.1. The van der Waals surface area contributed by atoms with Gasteiger partial charge < -0.3 is 13.9 Å². The first-order valence-electron chi connectivity index (χ1n) is 8.10. The summed E-state index contributed by atoms with van der Waals surface area (Å²) in [4.78, 5) is 12.1. The average Bonchev–Trinajstić information content (AvgIpc) is 3.33. The lowest BCUT2D eigenvalue weighted by atomic mass is 10.2. The highest BCUT2D eigenvalue weighted by molar-refractivity contribution is 7.18. The number of hydrogen-bond donors (Lipinski definition) is 1. The van der Waals surface area contributed by atoms with Gasteiger partial charge in [0.1, 0.15) is 17.1 Å². The van der Waals surface area contributed by atoms with Crippen LogP contribution in [0.2, 0.25) is 0 Å². The molecule has 4 rings (SSSR count). The Hall–Kier alpha value is -3.39. The van der Waals surface area contributed by atoms with E-state index in [0.717, 1.165) is 16.7 Å². The summed E-state index contributed by atoms with van der Waals surface area (Å²) >= 11 is 1.24. The molecule has 0 atom stereocenters. The number of fused-ring (bicyclic) bond motifs is 1. The monoisotopic (exact) mass is 381 g/mol. The lowest BCUT2D eigenvalue weighted by molar-refractivity contribution is -0.118. The average molecular weight is 381 g/mol. The topological polar surface area (TPSA) is 86.5 Å².